The van der Waals surface area contributed by atoms with E-state index < -0.39 is 49.2 Å². The van der Waals surface area contributed by atoms with Gasteiger partial charge in [-0.1, -0.05) is 86.7 Å². The maximum Gasteiger partial charge on any atom is 1.00 e. The van der Waals surface area contributed by atoms with Crippen molar-refractivity contribution in [1.82, 2.24) is 10.6 Å². The number of carboxylic acids is 1. The molecule has 1 saturated heterocycles. The first-order valence-electron chi connectivity index (χ1n) is 12.1. The van der Waals surface area contributed by atoms with Crippen LogP contribution in [0.4, 0.5) is 0 Å². The van der Waals surface area contributed by atoms with Crippen molar-refractivity contribution >= 4 is 25.5 Å². The number of allylic oxidation sites excluding steroid dienone is 1. The molecular formula is C27H34N2NaO6P. The first-order valence-corrected chi connectivity index (χ1v) is 13.8. The van der Waals surface area contributed by atoms with E-state index in [1.807, 2.05) is 62.4 Å². The molecule has 0 aliphatic carbocycles. The van der Waals surface area contributed by atoms with Crippen molar-refractivity contribution in [2.75, 3.05) is 0 Å². The summed E-state index contributed by atoms with van der Waals surface area (Å²) >= 11 is 0. The molecule has 0 radical (unpaired) electrons. The summed E-state index contributed by atoms with van der Waals surface area (Å²) in [5.74, 6) is -3.91. The molecular weight excluding hydrogens is 502 g/mol. The summed E-state index contributed by atoms with van der Waals surface area (Å²) in [5, 5.41) is 15.1. The largest absolute Gasteiger partial charge is 1.00 e. The predicted molar refractivity (Wildman–Crippen MR) is 137 cm³/mol. The van der Waals surface area contributed by atoms with Gasteiger partial charge in [-0.3, -0.25) is 10.1 Å². The van der Waals surface area contributed by atoms with Crippen molar-refractivity contribution in [1.29, 1.82) is 0 Å². The maximum absolute atomic E-state index is 13.3. The molecule has 1 amide bonds. The van der Waals surface area contributed by atoms with E-state index in [2.05, 4.69) is 10.6 Å². The van der Waals surface area contributed by atoms with Crippen molar-refractivity contribution in [3.8, 4) is 0 Å². The van der Waals surface area contributed by atoms with Crippen LogP contribution in [0.15, 0.2) is 66.7 Å². The molecule has 2 aromatic rings. The minimum atomic E-state index is -4.84. The second-order valence-electron chi connectivity index (χ2n) is 9.75. The van der Waals surface area contributed by atoms with Crippen LogP contribution in [0.25, 0.3) is 6.08 Å². The number of carboxylic acid groups (broad SMARTS) is 1. The number of carbonyl (C=O) groups is 2. The molecule has 1 unspecified atom stereocenters. The van der Waals surface area contributed by atoms with Gasteiger partial charge in [-0.25, -0.2) is 4.79 Å². The molecule has 37 heavy (non-hydrogen) atoms. The number of hydrogen-bond donors (Lipinski definition) is 4. The Hall–Kier alpha value is -1.77. The standard InChI is InChI=1S/C27H35N2O6P.Na/c1-18(2)16-22-21(15-9-14-19-10-5-3-6-11-19)26(36(33,34)35)29-24(22)25(30)28-23(27(31)32)17-20-12-7-4-8-13-20;/h3-14,18,21-24,26,29H,15-17H2,1-2H3,(H,28,30)(H,31,32)(H2,33,34,35);/q;+1/p-1/b14-9+;/t21-,22-,23-,24-,26+;/m0./s1. The zero-order valence-corrected chi connectivity index (χ0v) is 24.4. The van der Waals surface area contributed by atoms with Gasteiger partial charge in [0.25, 0.3) is 0 Å². The molecule has 2 aromatic carbocycles. The molecule has 1 heterocycles. The van der Waals surface area contributed by atoms with Crippen molar-refractivity contribution in [3.05, 3.63) is 77.9 Å². The van der Waals surface area contributed by atoms with Gasteiger partial charge in [0.15, 0.2) is 0 Å². The second kappa shape index (κ2) is 14.4. The molecule has 1 fully saturated rings. The summed E-state index contributed by atoms with van der Waals surface area (Å²) in [6.45, 7) is 3.95. The molecule has 194 valence electrons. The normalized spacial score (nSPS) is 23.8. The third-order valence-corrected chi connectivity index (χ3v) is 7.76. The number of nitrogens with one attached hydrogen (secondary N) is 2. The molecule has 6 atom stereocenters. The smallest absolute Gasteiger partial charge is 0.778 e. The Morgan fingerprint density at radius 2 is 1.68 bits per heavy atom. The Balaban J connectivity index is 0.00000481. The van der Waals surface area contributed by atoms with Gasteiger partial charge in [-0.15, -0.1) is 0 Å². The van der Waals surface area contributed by atoms with E-state index in [0.29, 0.717) is 12.8 Å². The summed E-state index contributed by atoms with van der Waals surface area (Å²) in [6, 6.07) is 16.4. The number of carbonyl (C=O) groups excluding carboxylic acids is 1. The van der Waals surface area contributed by atoms with E-state index in [9.17, 15) is 29.0 Å². The second-order valence-corrected chi connectivity index (χ2v) is 11.4. The predicted octanol–water partition coefficient (Wildman–Crippen LogP) is 0.0281. The summed E-state index contributed by atoms with van der Waals surface area (Å²) in [6.07, 6.45) is 4.68. The van der Waals surface area contributed by atoms with E-state index in [-0.39, 0.29) is 41.9 Å². The van der Waals surface area contributed by atoms with Crippen LogP contribution in [-0.2, 0) is 20.6 Å². The Labute approximate surface area is 240 Å². The van der Waals surface area contributed by atoms with Gasteiger partial charge in [0, 0.05) is 6.42 Å². The van der Waals surface area contributed by atoms with Crippen LogP contribution in [-0.4, -0.2) is 39.7 Å². The Bertz CT molecular complexity index is 1090. The first kappa shape index (κ1) is 31.4. The Morgan fingerprint density at radius 3 is 2.22 bits per heavy atom. The van der Waals surface area contributed by atoms with Gasteiger partial charge < -0.3 is 24.8 Å². The number of hydrogen-bond acceptors (Lipinski definition) is 5. The van der Waals surface area contributed by atoms with Crippen LogP contribution in [0, 0.1) is 17.8 Å². The fraction of sp³-hybridized carbons (Fsp3) is 0.407. The van der Waals surface area contributed by atoms with Crippen molar-refractivity contribution < 1.29 is 58.6 Å². The summed E-state index contributed by atoms with van der Waals surface area (Å²) in [5.41, 5.74) is 1.71. The quantitative estimate of drug-likeness (QED) is 0.235. The molecule has 3 rings (SSSR count). The van der Waals surface area contributed by atoms with Crippen molar-refractivity contribution in [2.24, 2.45) is 17.8 Å². The average Bonchev–Trinajstić information content (AvgIpc) is 3.18. The van der Waals surface area contributed by atoms with Crippen LogP contribution < -0.4 is 45.1 Å². The monoisotopic (exact) mass is 536 g/mol. The average molecular weight is 537 g/mol. The molecule has 1 aliphatic heterocycles. The van der Waals surface area contributed by atoms with Crippen molar-refractivity contribution in [2.45, 2.75) is 51.0 Å². The Morgan fingerprint density at radius 1 is 1.08 bits per heavy atom. The van der Waals surface area contributed by atoms with Crippen LogP contribution in [0.1, 0.15) is 37.8 Å². The number of amides is 1. The van der Waals surface area contributed by atoms with Crippen LogP contribution in [0.3, 0.4) is 0 Å². The third kappa shape index (κ3) is 9.18. The van der Waals surface area contributed by atoms with Crippen LogP contribution >= 0.6 is 7.60 Å². The SMILES string of the molecule is CC(C)C[C@H]1[C@H](C/C=C/c2ccccc2)[C@@H](P(=O)([O-])O)N[C@@H]1C(=O)N[C@@H](Cc1ccccc1)C(=O)O.[Na+]. The topological polar surface area (TPSA) is 139 Å². The zero-order valence-electron chi connectivity index (χ0n) is 21.5. The van der Waals surface area contributed by atoms with Gasteiger partial charge in [0.1, 0.15) is 13.6 Å². The maximum atomic E-state index is 13.3. The van der Waals surface area contributed by atoms with Gasteiger partial charge in [0.2, 0.25) is 5.91 Å². The van der Waals surface area contributed by atoms with E-state index in [4.69, 9.17) is 0 Å². The molecule has 10 heteroatoms. The van der Waals surface area contributed by atoms with Gasteiger partial charge in [0.05, 0.1) is 11.8 Å². The van der Waals surface area contributed by atoms with Gasteiger partial charge in [-0.05, 0) is 41.7 Å². The van der Waals surface area contributed by atoms with E-state index in [0.717, 1.165) is 11.1 Å². The molecule has 4 N–H and O–H groups in total. The number of aliphatic carboxylic acids is 1. The van der Waals surface area contributed by atoms with E-state index >= 15 is 0 Å². The van der Waals surface area contributed by atoms with Crippen LogP contribution in [0.2, 0.25) is 0 Å². The Kier molecular flexibility index (Phi) is 12.2. The third-order valence-electron chi connectivity index (χ3n) is 6.53. The summed E-state index contributed by atoms with van der Waals surface area (Å²) in [7, 11) is -4.84. The minimum Gasteiger partial charge on any atom is -0.778 e. The van der Waals surface area contributed by atoms with E-state index in [1.54, 1.807) is 24.3 Å². The minimum absolute atomic E-state index is 0. The molecule has 0 aromatic heterocycles. The van der Waals surface area contributed by atoms with Gasteiger partial charge in [-0.2, -0.15) is 0 Å². The summed E-state index contributed by atoms with van der Waals surface area (Å²) < 4.78 is 12.3. The van der Waals surface area contributed by atoms with Gasteiger partial charge >= 0.3 is 35.5 Å². The van der Waals surface area contributed by atoms with Crippen molar-refractivity contribution in [3.63, 3.8) is 0 Å². The number of benzene rings is 2. The molecule has 1 aliphatic rings. The molecule has 0 spiro atoms. The van der Waals surface area contributed by atoms with E-state index in [1.165, 1.54) is 0 Å². The molecule has 8 nitrogen and oxygen atoms in total. The fourth-order valence-electron chi connectivity index (χ4n) is 4.91. The van der Waals surface area contributed by atoms with Crippen LogP contribution in [0.5, 0.6) is 0 Å². The fourth-order valence-corrected chi connectivity index (χ4v) is 6.09. The zero-order chi connectivity index (χ0) is 26.3. The molecule has 0 bridgehead atoms. The first-order chi connectivity index (χ1) is 17.1. The molecule has 0 saturated carbocycles. The number of rotatable bonds is 11. The summed E-state index contributed by atoms with van der Waals surface area (Å²) in [4.78, 5) is 47.6.